The first-order chi connectivity index (χ1) is 8.81. The molecule has 1 N–H and O–H groups in total. The van der Waals surface area contributed by atoms with Gasteiger partial charge in [0, 0.05) is 20.8 Å². The van der Waals surface area contributed by atoms with Gasteiger partial charge in [-0.3, -0.25) is 14.4 Å². The normalized spacial score (nSPS) is 30.3. The zero-order valence-corrected chi connectivity index (χ0v) is 10.8. The summed E-state index contributed by atoms with van der Waals surface area (Å²) in [6.07, 6.45) is -4.59. The first-order valence-electron chi connectivity index (χ1n) is 5.68. The van der Waals surface area contributed by atoms with Crippen LogP contribution < -0.4 is 5.32 Å². The molecule has 108 valence electrons. The molecule has 1 aliphatic heterocycles. The Morgan fingerprint density at radius 1 is 1.16 bits per heavy atom. The summed E-state index contributed by atoms with van der Waals surface area (Å²) in [6, 6.07) is -0.830. The van der Waals surface area contributed by atoms with Crippen LogP contribution in [0.25, 0.3) is 0 Å². The molecule has 0 bridgehead atoms. The Morgan fingerprint density at radius 2 is 1.74 bits per heavy atom. The Labute approximate surface area is 109 Å². The van der Waals surface area contributed by atoms with E-state index in [4.69, 9.17) is 9.47 Å². The van der Waals surface area contributed by atoms with Crippen molar-refractivity contribution in [1.29, 1.82) is 0 Å². The fourth-order valence-electron chi connectivity index (χ4n) is 1.75. The minimum atomic E-state index is -1.88. The predicted octanol–water partition coefficient (Wildman–Crippen LogP) is -0.320. The average molecular weight is 277 g/mol. The number of carbonyl (C=O) groups is 3. The number of amides is 1. The quantitative estimate of drug-likeness (QED) is 0.711. The molecule has 4 atom stereocenters. The molecule has 1 heterocycles. The van der Waals surface area contributed by atoms with E-state index in [-0.39, 0.29) is 6.61 Å². The summed E-state index contributed by atoms with van der Waals surface area (Å²) in [6.45, 7) is 3.34. The number of halogens is 1. The highest BCUT2D eigenvalue weighted by atomic mass is 19.1. The number of esters is 2. The van der Waals surface area contributed by atoms with Gasteiger partial charge in [0.05, 0.1) is 12.6 Å². The summed E-state index contributed by atoms with van der Waals surface area (Å²) in [5.74, 6) is -1.83. The first kappa shape index (κ1) is 15.4. The molecule has 1 amide bonds. The minimum absolute atomic E-state index is 0.129. The summed E-state index contributed by atoms with van der Waals surface area (Å²) < 4.78 is 28.6. The van der Waals surface area contributed by atoms with E-state index in [1.54, 1.807) is 0 Å². The molecule has 19 heavy (non-hydrogen) atoms. The van der Waals surface area contributed by atoms with Crippen LogP contribution in [-0.4, -0.2) is 49.1 Å². The zero-order valence-electron chi connectivity index (χ0n) is 10.8. The van der Waals surface area contributed by atoms with Gasteiger partial charge in [-0.2, -0.15) is 0 Å². The maximum atomic E-state index is 14.1. The topological polar surface area (TPSA) is 90.9 Å². The van der Waals surface area contributed by atoms with E-state index in [1.165, 1.54) is 6.92 Å². The van der Waals surface area contributed by atoms with Crippen molar-refractivity contribution in [2.75, 3.05) is 6.61 Å². The summed E-state index contributed by atoms with van der Waals surface area (Å²) in [7, 11) is 0. The van der Waals surface area contributed by atoms with Crippen LogP contribution >= 0.6 is 0 Å². The molecule has 0 radical (unpaired) electrons. The van der Waals surface area contributed by atoms with Crippen LogP contribution in [-0.2, 0) is 28.6 Å². The third-order valence-corrected chi connectivity index (χ3v) is 2.38. The van der Waals surface area contributed by atoms with E-state index in [0.717, 1.165) is 13.8 Å². The molecule has 7 nitrogen and oxygen atoms in total. The van der Waals surface area contributed by atoms with Crippen molar-refractivity contribution < 1.29 is 33.0 Å². The van der Waals surface area contributed by atoms with Crippen molar-refractivity contribution in [2.24, 2.45) is 0 Å². The highest BCUT2D eigenvalue weighted by Crippen LogP contribution is 2.22. The van der Waals surface area contributed by atoms with Crippen molar-refractivity contribution >= 4 is 17.8 Å². The fourth-order valence-corrected chi connectivity index (χ4v) is 1.75. The lowest BCUT2D eigenvalue weighted by atomic mass is 10.0. The summed E-state index contributed by atoms with van der Waals surface area (Å²) in [5, 5.41) is 2.42. The SMILES string of the molecule is CC(=O)N[C@@H]1CO[C@@H](OC(C)=O)[C@H](F)[C@H]1OC(C)=O. The van der Waals surface area contributed by atoms with Crippen molar-refractivity contribution in [3.8, 4) is 0 Å². The second-order valence-electron chi connectivity index (χ2n) is 4.14. The van der Waals surface area contributed by atoms with E-state index in [9.17, 15) is 18.8 Å². The van der Waals surface area contributed by atoms with E-state index in [0.29, 0.717) is 0 Å². The largest absolute Gasteiger partial charge is 0.457 e. The van der Waals surface area contributed by atoms with Crippen LogP contribution in [0.4, 0.5) is 4.39 Å². The van der Waals surface area contributed by atoms with Gasteiger partial charge in [0.25, 0.3) is 0 Å². The van der Waals surface area contributed by atoms with Gasteiger partial charge in [0.1, 0.15) is 0 Å². The van der Waals surface area contributed by atoms with Gasteiger partial charge in [0.15, 0.2) is 6.10 Å². The highest BCUT2D eigenvalue weighted by molar-refractivity contribution is 5.73. The number of nitrogens with one attached hydrogen (secondary N) is 1. The predicted molar refractivity (Wildman–Crippen MR) is 59.6 cm³/mol. The third kappa shape index (κ3) is 4.47. The van der Waals surface area contributed by atoms with Crippen LogP contribution in [0, 0.1) is 0 Å². The molecule has 1 aliphatic rings. The maximum Gasteiger partial charge on any atom is 0.305 e. The van der Waals surface area contributed by atoms with E-state index in [1.807, 2.05) is 0 Å². The average Bonchev–Trinajstić information content (AvgIpc) is 2.26. The fraction of sp³-hybridized carbons (Fsp3) is 0.727. The van der Waals surface area contributed by atoms with Crippen LogP contribution in [0.2, 0.25) is 0 Å². The summed E-state index contributed by atoms with van der Waals surface area (Å²) in [5.41, 5.74) is 0. The highest BCUT2D eigenvalue weighted by Gasteiger charge is 2.45. The maximum absolute atomic E-state index is 14.1. The number of carbonyl (C=O) groups excluding carboxylic acids is 3. The van der Waals surface area contributed by atoms with Crippen molar-refractivity contribution in [3.63, 3.8) is 0 Å². The van der Waals surface area contributed by atoms with Crippen molar-refractivity contribution in [3.05, 3.63) is 0 Å². The molecule has 1 rings (SSSR count). The summed E-state index contributed by atoms with van der Waals surface area (Å²) >= 11 is 0. The summed E-state index contributed by atoms with van der Waals surface area (Å²) in [4.78, 5) is 32.8. The Bertz CT molecular complexity index is 374. The molecule has 1 saturated heterocycles. The van der Waals surface area contributed by atoms with Crippen LogP contribution in [0.1, 0.15) is 20.8 Å². The number of ether oxygens (including phenoxy) is 3. The van der Waals surface area contributed by atoms with Crippen LogP contribution in [0.15, 0.2) is 0 Å². The van der Waals surface area contributed by atoms with E-state index in [2.05, 4.69) is 10.1 Å². The molecule has 0 aromatic rings. The molecule has 8 heteroatoms. The molecular weight excluding hydrogens is 261 g/mol. The lowest BCUT2D eigenvalue weighted by Gasteiger charge is -2.37. The Balaban J connectivity index is 2.79. The van der Waals surface area contributed by atoms with Crippen molar-refractivity contribution in [1.82, 2.24) is 5.32 Å². The van der Waals surface area contributed by atoms with Crippen molar-refractivity contribution in [2.45, 2.75) is 45.4 Å². The molecule has 0 aliphatic carbocycles. The number of hydrogen-bond donors (Lipinski definition) is 1. The Morgan fingerprint density at radius 3 is 2.21 bits per heavy atom. The smallest absolute Gasteiger partial charge is 0.305 e. The van der Waals surface area contributed by atoms with Gasteiger partial charge in [-0.25, -0.2) is 4.39 Å². The van der Waals surface area contributed by atoms with Gasteiger partial charge in [-0.1, -0.05) is 0 Å². The molecule has 1 fully saturated rings. The third-order valence-electron chi connectivity index (χ3n) is 2.38. The second kappa shape index (κ2) is 6.46. The number of alkyl halides is 1. The zero-order chi connectivity index (χ0) is 14.6. The number of hydrogen-bond acceptors (Lipinski definition) is 6. The monoisotopic (exact) mass is 277 g/mol. The van der Waals surface area contributed by atoms with E-state index >= 15 is 0 Å². The standard InChI is InChI=1S/C11H16FNO6/c1-5(14)13-8-4-17-11(19-7(3)16)9(12)10(8)18-6(2)15/h8-11H,4H2,1-3H3,(H,13,14)/t8-,9-,10+,11+/m1/s1. The Hall–Kier alpha value is -1.70. The van der Waals surface area contributed by atoms with Gasteiger partial charge in [-0.15, -0.1) is 0 Å². The molecule has 0 aromatic carbocycles. The van der Waals surface area contributed by atoms with Crippen LogP contribution in [0.3, 0.4) is 0 Å². The lowest BCUT2D eigenvalue weighted by molar-refractivity contribution is -0.233. The van der Waals surface area contributed by atoms with Gasteiger partial charge in [-0.05, 0) is 0 Å². The Kier molecular flexibility index (Phi) is 5.22. The van der Waals surface area contributed by atoms with E-state index < -0.39 is 42.5 Å². The minimum Gasteiger partial charge on any atom is -0.457 e. The molecular formula is C11H16FNO6. The van der Waals surface area contributed by atoms with Gasteiger partial charge >= 0.3 is 11.9 Å². The molecule has 0 spiro atoms. The molecule has 0 aromatic heterocycles. The molecule has 0 unspecified atom stereocenters. The van der Waals surface area contributed by atoms with Gasteiger partial charge in [0.2, 0.25) is 18.4 Å². The lowest BCUT2D eigenvalue weighted by Crippen LogP contribution is -2.59. The molecule has 0 saturated carbocycles. The second-order valence-corrected chi connectivity index (χ2v) is 4.14. The van der Waals surface area contributed by atoms with Gasteiger partial charge < -0.3 is 19.5 Å². The first-order valence-corrected chi connectivity index (χ1v) is 5.68. The number of rotatable bonds is 3. The van der Waals surface area contributed by atoms with Crippen LogP contribution in [0.5, 0.6) is 0 Å².